The van der Waals surface area contributed by atoms with Gasteiger partial charge >= 0.3 is 0 Å². The quantitative estimate of drug-likeness (QED) is 0.929. The molecule has 0 aromatic carbocycles. The fourth-order valence-corrected chi connectivity index (χ4v) is 2.85. The molecule has 1 amide bonds. The highest BCUT2D eigenvalue weighted by atomic mass is 32.1. The van der Waals surface area contributed by atoms with Crippen molar-refractivity contribution in [3.8, 4) is 5.88 Å². The van der Waals surface area contributed by atoms with Crippen LogP contribution in [0.2, 0.25) is 0 Å². The van der Waals surface area contributed by atoms with E-state index in [9.17, 15) is 4.79 Å². The molecule has 1 aliphatic carbocycles. The lowest BCUT2D eigenvalue weighted by Gasteiger charge is -2.04. The Kier molecular flexibility index (Phi) is 2.98. The van der Waals surface area contributed by atoms with E-state index < -0.39 is 0 Å². The third kappa shape index (κ3) is 2.33. The number of aryl methyl sites for hydroxylation is 1. The first-order chi connectivity index (χ1) is 9.19. The van der Waals surface area contributed by atoms with E-state index in [1.54, 1.807) is 34.8 Å². The van der Waals surface area contributed by atoms with E-state index in [4.69, 9.17) is 4.74 Å². The van der Waals surface area contributed by atoms with Gasteiger partial charge in [-0.05, 0) is 18.8 Å². The third-order valence-electron chi connectivity index (χ3n) is 3.01. The number of nitrogens with zero attached hydrogens (tertiary/aromatic N) is 3. The SMILES string of the molecule is COc1nn(C)cc1C(=O)Nc1ncsc1C1CC1. The first-order valence-corrected chi connectivity index (χ1v) is 6.89. The van der Waals surface area contributed by atoms with Crippen LogP contribution >= 0.6 is 11.3 Å². The Bertz CT molecular complexity index is 615. The average molecular weight is 278 g/mol. The number of aromatic nitrogens is 3. The van der Waals surface area contributed by atoms with E-state index in [1.165, 1.54) is 20.0 Å². The lowest BCUT2D eigenvalue weighted by Crippen LogP contribution is -2.13. The molecule has 1 aliphatic rings. The van der Waals surface area contributed by atoms with Crippen LogP contribution in [0.15, 0.2) is 11.7 Å². The molecule has 2 heterocycles. The average Bonchev–Trinajstić information content (AvgIpc) is 3.01. The Labute approximate surface area is 114 Å². The van der Waals surface area contributed by atoms with Crippen LogP contribution in [0.1, 0.15) is 34.0 Å². The van der Waals surface area contributed by atoms with Crippen LogP contribution in [0.4, 0.5) is 5.82 Å². The summed E-state index contributed by atoms with van der Waals surface area (Å²) >= 11 is 1.59. The molecule has 100 valence electrons. The maximum Gasteiger partial charge on any atom is 0.263 e. The number of hydrogen-bond donors (Lipinski definition) is 1. The summed E-state index contributed by atoms with van der Waals surface area (Å²) in [5.74, 6) is 1.32. The second kappa shape index (κ2) is 4.65. The molecule has 0 unspecified atom stereocenters. The molecular weight excluding hydrogens is 264 g/mol. The molecule has 0 atom stereocenters. The minimum atomic E-state index is -0.238. The normalized spacial score (nSPS) is 14.4. The van der Waals surface area contributed by atoms with Crippen molar-refractivity contribution in [2.75, 3.05) is 12.4 Å². The molecule has 0 radical (unpaired) electrons. The largest absolute Gasteiger partial charge is 0.479 e. The number of thiazole rings is 1. The van der Waals surface area contributed by atoms with Gasteiger partial charge in [-0.3, -0.25) is 9.48 Å². The highest BCUT2D eigenvalue weighted by molar-refractivity contribution is 7.10. The zero-order chi connectivity index (χ0) is 13.4. The third-order valence-corrected chi connectivity index (χ3v) is 4.00. The molecule has 0 bridgehead atoms. The van der Waals surface area contributed by atoms with Gasteiger partial charge in [0.15, 0.2) is 0 Å². The smallest absolute Gasteiger partial charge is 0.263 e. The van der Waals surface area contributed by atoms with Gasteiger partial charge in [0.05, 0.1) is 17.5 Å². The summed E-state index contributed by atoms with van der Waals surface area (Å²) in [5, 5.41) is 6.91. The fourth-order valence-electron chi connectivity index (χ4n) is 1.93. The first-order valence-electron chi connectivity index (χ1n) is 6.01. The van der Waals surface area contributed by atoms with Crippen molar-refractivity contribution >= 4 is 23.1 Å². The first kappa shape index (κ1) is 12.2. The summed E-state index contributed by atoms with van der Waals surface area (Å²) in [7, 11) is 3.25. The summed E-state index contributed by atoms with van der Waals surface area (Å²) < 4.78 is 6.64. The molecular formula is C12H14N4O2S. The van der Waals surface area contributed by atoms with Crippen molar-refractivity contribution in [2.24, 2.45) is 7.05 Å². The molecule has 6 nitrogen and oxygen atoms in total. The van der Waals surface area contributed by atoms with Crippen LogP contribution in [0.5, 0.6) is 5.88 Å². The van der Waals surface area contributed by atoms with Crippen molar-refractivity contribution in [3.63, 3.8) is 0 Å². The summed E-state index contributed by atoms with van der Waals surface area (Å²) in [4.78, 5) is 17.6. The topological polar surface area (TPSA) is 69.0 Å². The predicted octanol–water partition coefficient (Wildman–Crippen LogP) is 2.01. The summed E-state index contributed by atoms with van der Waals surface area (Å²) in [6.07, 6.45) is 4.00. The Morgan fingerprint density at radius 2 is 2.37 bits per heavy atom. The fraction of sp³-hybridized carbons (Fsp3) is 0.417. The summed E-state index contributed by atoms with van der Waals surface area (Å²) in [6.45, 7) is 0. The number of rotatable bonds is 4. The summed E-state index contributed by atoms with van der Waals surface area (Å²) in [6, 6.07) is 0. The van der Waals surface area contributed by atoms with E-state index >= 15 is 0 Å². The lowest BCUT2D eigenvalue weighted by molar-refractivity contribution is 0.102. The van der Waals surface area contributed by atoms with Crippen molar-refractivity contribution in [1.82, 2.24) is 14.8 Å². The van der Waals surface area contributed by atoms with Gasteiger partial charge in [-0.2, -0.15) is 0 Å². The van der Waals surface area contributed by atoms with Gasteiger partial charge in [-0.1, -0.05) is 0 Å². The minimum absolute atomic E-state index is 0.238. The van der Waals surface area contributed by atoms with Crippen molar-refractivity contribution in [3.05, 3.63) is 22.1 Å². The zero-order valence-electron chi connectivity index (χ0n) is 10.7. The molecule has 0 spiro atoms. The number of methoxy groups -OCH3 is 1. The van der Waals surface area contributed by atoms with Gasteiger partial charge in [0.25, 0.3) is 5.91 Å². The molecule has 19 heavy (non-hydrogen) atoms. The number of nitrogens with one attached hydrogen (secondary N) is 1. The Morgan fingerprint density at radius 3 is 3.05 bits per heavy atom. The van der Waals surface area contributed by atoms with Crippen LogP contribution in [-0.2, 0) is 7.05 Å². The van der Waals surface area contributed by atoms with E-state index in [1.807, 2.05) is 0 Å². The Morgan fingerprint density at radius 1 is 1.58 bits per heavy atom. The molecule has 2 aromatic heterocycles. The number of hydrogen-bond acceptors (Lipinski definition) is 5. The van der Waals surface area contributed by atoms with Crippen molar-refractivity contribution in [2.45, 2.75) is 18.8 Å². The second-order valence-electron chi connectivity index (χ2n) is 4.52. The van der Waals surface area contributed by atoms with E-state index in [0.717, 1.165) is 4.88 Å². The van der Waals surface area contributed by atoms with Gasteiger partial charge < -0.3 is 10.1 Å². The van der Waals surface area contributed by atoms with Gasteiger partial charge in [-0.15, -0.1) is 16.4 Å². The van der Waals surface area contributed by atoms with E-state index in [-0.39, 0.29) is 5.91 Å². The van der Waals surface area contributed by atoms with Crippen molar-refractivity contribution < 1.29 is 9.53 Å². The zero-order valence-corrected chi connectivity index (χ0v) is 11.5. The second-order valence-corrected chi connectivity index (χ2v) is 5.41. The Balaban J connectivity index is 1.82. The van der Waals surface area contributed by atoms with Crippen LogP contribution < -0.4 is 10.1 Å². The van der Waals surface area contributed by atoms with Crippen LogP contribution in [0, 0.1) is 0 Å². The van der Waals surface area contributed by atoms with Crippen LogP contribution in [0.25, 0.3) is 0 Å². The minimum Gasteiger partial charge on any atom is -0.479 e. The maximum atomic E-state index is 12.2. The van der Waals surface area contributed by atoms with Gasteiger partial charge in [0.2, 0.25) is 5.88 Å². The lowest BCUT2D eigenvalue weighted by atomic mass is 10.3. The number of ether oxygens (including phenoxy) is 1. The molecule has 0 saturated heterocycles. The standard InChI is InChI=1S/C12H14N4O2S/c1-16-5-8(12(15-16)18-2)11(17)14-10-9(7-3-4-7)19-6-13-10/h5-7H,3-4H2,1-2H3,(H,14,17). The number of amides is 1. The molecule has 1 fully saturated rings. The van der Waals surface area contributed by atoms with Gasteiger partial charge in [-0.25, -0.2) is 4.98 Å². The molecule has 0 aliphatic heterocycles. The Hall–Kier alpha value is -1.89. The number of carbonyl (C=O) groups is 1. The van der Waals surface area contributed by atoms with Crippen LogP contribution in [0.3, 0.4) is 0 Å². The highest BCUT2D eigenvalue weighted by Crippen LogP contribution is 2.45. The highest BCUT2D eigenvalue weighted by Gasteiger charge is 2.29. The molecule has 1 N–H and O–H groups in total. The number of carbonyl (C=O) groups excluding carboxylic acids is 1. The van der Waals surface area contributed by atoms with Gasteiger partial charge in [0.1, 0.15) is 11.4 Å². The number of anilines is 1. The van der Waals surface area contributed by atoms with Crippen molar-refractivity contribution in [1.29, 1.82) is 0 Å². The summed E-state index contributed by atoms with van der Waals surface area (Å²) in [5.41, 5.74) is 2.18. The maximum absolute atomic E-state index is 12.2. The van der Waals surface area contributed by atoms with E-state index in [2.05, 4.69) is 15.4 Å². The molecule has 1 saturated carbocycles. The van der Waals surface area contributed by atoms with Gasteiger partial charge in [0, 0.05) is 13.2 Å². The van der Waals surface area contributed by atoms with E-state index in [0.29, 0.717) is 23.2 Å². The molecule has 7 heteroatoms. The van der Waals surface area contributed by atoms with Crippen LogP contribution in [-0.4, -0.2) is 27.8 Å². The molecule has 2 aromatic rings. The predicted molar refractivity (Wildman–Crippen MR) is 71.8 cm³/mol. The monoisotopic (exact) mass is 278 g/mol. The molecule has 3 rings (SSSR count).